The average molecular weight is 273 g/mol. The Bertz CT molecular complexity index is 456. The number of sulfonamides is 1. The molecule has 0 unspecified atom stereocenters. The SMILES string of the molecule is CCS(=O)(=O)N1CCN(C(=O)C(C)(C)C#N)CC1. The first-order chi connectivity index (χ1) is 8.24. The average Bonchev–Trinajstić information content (AvgIpc) is 2.38. The summed E-state index contributed by atoms with van der Waals surface area (Å²) in [4.78, 5) is 13.6. The highest BCUT2D eigenvalue weighted by Crippen LogP contribution is 2.19. The molecule has 0 aromatic rings. The molecule has 0 N–H and O–H groups in total. The van der Waals surface area contributed by atoms with Crippen LogP contribution in [0.4, 0.5) is 0 Å². The molecule has 18 heavy (non-hydrogen) atoms. The van der Waals surface area contributed by atoms with Crippen molar-refractivity contribution >= 4 is 15.9 Å². The highest BCUT2D eigenvalue weighted by Gasteiger charge is 2.35. The van der Waals surface area contributed by atoms with E-state index in [9.17, 15) is 13.2 Å². The van der Waals surface area contributed by atoms with E-state index in [4.69, 9.17) is 5.26 Å². The Morgan fingerprint density at radius 2 is 1.78 bits per heavy atom. The van der Waals surface area contributed by atoms with Gasteiger partial charge >= 0.3 is 0 Å². The normalized spacial score (nSPS) is 18.4. The number of nitriles is 1. The molecule has 6 nitrogen and oxygen atoms in total. The molecule has 1 rings (SSSR count). The monoisotopic (exact) mass is 273 g/mol. The van der Waals surface area contributed by atoms with Crippen LogP contribution >= 0.6 is 0 Å². The molecule has 0 bridgehead atoms. The lowest BCUT2D eigenvalue weighted by molar-refractivity contribution is -0.138. The van der Waals surface area contributed by atoms with Crippen molar-refractivity contribution in [3.63, 3.8) is 0 Å². The Labute approximate surface area is 108 Å². The molecule has 102 valence electrons. The molecule has 1 fully saturated rings. The van der Waals surface area contributed by atoms with Gasteiger partial charge in [0.05, 0.1) is 11.8 Å². The van der Waals surface area contributed by atoms with Gasteiger partial charge < -0.3 is 4.90 Å². The number of hydrogen-bond acceptors (Lipinski definition) is 4. The molecule has 1 aliphatic rings. The number of carbonyl (C=O) groups is 1. The second-order valence-electron chi connectivity index (χ2n) is 4.83. The second kappa shape index (κ2) is 5.24. The van der Waals surface area contributed by atoms with Gasteiger partial charge in [-0.05, 0) is 20.8 Å². The van der Waals surface area contributed by atoms with Gasteiger partial charge in [-0.3, -0.25) is 4.79 Å². The molecule has 0 saturated carbocycles. The van der Waals surface area contributed by atoms with Crippen LogP contribution < -0.4 is 0 Å². The van der Waals surface area contributed by atoms with Gasteiger partial charge in [0.15, 0.2) is 0 Å². The third-order valence-corrected chi connectivity index (χ3v) is 4.98. The molecule has 0 atom stereocenters. The van der Waals surface area contributed by atoms with E-state index in [1.165, 1.54) is 4.31 Å². The van der Waals surface area contributed by atoms with Crippen molar-refractivity contribution < 1.29 is 13.2 Å². The van der Waals surface area contributed by atoms with Gasteiger partial charge in [0.25, 0.3) is 0 Å². The minimum atomic E-state index is -3.18. The number of hydrogen-bond donors (Lipinski definition) is 0. The van der Waals surface area contributed by atoms with E-state index < -0.39 is 15.4 Å². The molecule has 1 heterocycles. The number of nitrogens with zero attached hydrogens (tertiary/aromatic N) is 3. The number of carbonyl (C=O) groups excluding carboxylic acids is 1. The zero-order valence-corrected chi connectivity index (χ0v) is 11.8. The lowest BCUT2D eigenvalue weighted by atomic mass is 9.93. The van der Waals surface area contributed by atoms with Crippen molar-refractivity contribution in [1.82, 2.24) is 9.21 Å². The highest BCUT2D eigenvalue weighted by molar-refractivity contribution is 7.89. The Morgan fingerprint density at radius 3 is 2.17 bits per heavy atom. The first-order valence-corrected chi connectivity index (χ1v) is 7.54. The molecule has 0 spiro atoms. The maximum atomic E-state index is 12.0. The van der Waals surface area contributed by atoms with E-state index in [1.54, 1.807) is 25.7 Å². The Morgan fingerprint density at radius 1 is 1.28 bits per heavy atom. The van der Waals surface area contributed by atoms with Crippen LogP contribution in [0.3, 0.4) is 0 Å². The summed E-state index contributed by atoms with van der Waals surface area (Å²) in [5.41, 5.74) is -1.05. The molecule has 1 aliphatic heterocycles. The first-order valence-electron chi connectivity index (χ1n) is 5.93. The van der Waals surface area contributed by atoms with Crippen LogP contribution in [-0.4, -0.2) is 55.5 Å². The van der Waals surface area contributed by atoms with Gasteiger partial charge in [0.2, 0.25) is 15.9 Å². The minimum absolute atomic E-state index is 0.0740. The van der Waals surface area contributed by atoms with Crippen LogP contribution in [0.2, 0.25) is 0 Å². The van der Waals surface area contributed by atoms with Gasteiger partial charge in [-0.2, -0.15) is 9.57 Å². The predicted molar refractivity (Wildman–Crippen MR) is 67.0 cm³/mol. The lowest BCUT2D eigenvalue weighted by Crippen LogP contribution is -2.53. The molecular formula is C11H19N3O3S. The molecule has 0 aliphatic carbocycles. The van der Waals surface area contributed by atoms with Crippen molar-refractivity contribution in [1.29, 1.82) is 5.26 Å². The van der Waals surface area contributed by atoms with Crippen LogP contribution in [0.25, 0.3) is 0 Å². The fraction of sp³-hybridized carbons (Fsp3) is 0.818. The Kier molecular flexibility index (Phi) is 4.35. The maximum Gasteiger partial charge on any atom is 0.242 e. The van der Waals surface area contributed by atoms with Crippen LogP contribution in [0.15, 0.2) is 0 Å². The lowest BCUT2D eigenvalue weighted by Gasteiger charge is -2.36. The fourth-order valence-corrected chi connectivity index (χ4v) is 2.88. The summed E-state index contributed by atoms with van der Waals surface area (Å²) < 4.78 is 24.7. The van der Waals surface area contributed by atoms with E-state index in [1.807, 2.05) is 6.07 Å². The summed E-state index contributed by atoms with van der Waals surface area (Å²) in [6.45, 7) is 6.07. The van der Waals surface area contributed by atoms with Crippen LogP contribution in [0.5, 0.6) is 0 Å². The second-order valence-corrected chi connectivity index (χ2v) is 7.09. The standard InChI is InChI=1S/C11H19N3O3S/c1-4-18(16,17)14-7-5-13(6-8-14)10(15)11(2,3)9-12/h4-8H2,1-3H3. The van der Waals surface area contributed by atoms with Crippen LogP contribution in [0, 0.1) is 16.7 Å². The van der Waals surface area contributed by atoms with E-state index in [0.29, 0.717) is 26.2 Å². The zero-order valence-electron chi connectivity index (χ0n) is 11.0. The highest BCUT2D eigenvalue weighted by atomic mass is 32.2. The van der Waals surface area contributed by atoms with E-state index in [0.717, 1.165) is 0 Å². The Balaban J connectivity index is 2.66. The Hall–Kier alpha value is -1.13. The van der Waals surface area contributed by atoms with Crippen molar-refractivity contribution in [3.05, 3.63) is 0 Å². The van der Waals surface area contributed by atoms with Crippen molar-refractivity contribution in [2.75, 3.05) is 31.9 Å². The van der Waals surface area contributed by atoms with Gasteiger partial charge in [-0.15, -0.1) is 0 Å². The number of piperazine rings is 1. The number of rotatable bonds is 3. The summed E-state index contributed by atoms with van der Waals surface area (Å²) in [6, 6.07) is 1.97. The largest absolute Gasteiger partial charge is 0.339 e. The third kappa shape index (κ3) is 3.00. The molecule has 0 aromatic heterocycles. The van der Waals surface area contributed by atoms with Gasteiger partial charge in [-0.1, -0.05) is 0 Å². The predicted octanol–water partition coefficient (Wildman–Crippen LogP) is 0.0301. The summed E-state index contributed by atoms with van der Waals surface area (Å²) in [6.07, 6.45) is 0. The molecule has 1 saturated heterocycles. The smallest absolute Gasteiger partial charge is 0.242 e. The zero-order chi connectivity index (χ0) is 14.0. The van der Waals surface area contributed by atoms with Gasteiger partial charge in [0.1, 0.15) is 5.41 Å². The van der Waals surface area contributed by atoms with E-state index in [-0.39, 0.29) is 11.7 Å². The minimum Gasteiger partial charge on any atom is -0.339 e. The van der Waals surface area contributed by atoms with Crippen molar-refractivity contribution in [2.45, 2.75) is 20.8 Å². The van der Waals surface area contributed by atoms with E-state index in [2.05, 4.69) is 0 Å². The van der Waals surface area contributed by atoms with Crippen LogP contribution in [-0.2, 0) is 14.8 Å². The maximum absolute atomic E-state index is 12.0. The van der Waals surface area contributed by atoms with E-state index >= 15 is 0 Å². The first kappa shape index (κ1) is 14.9. The summed E-state index contributed by atoms with van der Waals surface area (Å²) in [7, 11) is -3.18. The van der Waals surface area contributed by atoms with Gasteiger partial charge in [0, 0.05) is 26.2 Å². The molecular weight excluding hydrogens is 254 g/mol. The summed E-state index contributed by atoms with van der Waals surface area (Å²) in [5, 5.41) is 8.91. The molecule has 1 amide bonds. The van der Waals surface area contributed by atoms with Crippen molar-refractivity contribution in [2.24, 2.45) is 5.41 Å². The number of amides is 1. The van der Waals surface area contributed by atoms with Crippen LogP contribution in [0.1, 0.15) is 20.8 Å². The molecule has 7 heteroatoms. The summed E-state index contributed by atoms with van der Waals surface area (Å²) >= 11 is 0. The molecule has 0 aromatic carbocycles. The van der Waals surface area contributed by atoms with Gasteiger partial charge in [-0.25, -0.2) is 8.42 Å². The topological polar surface area (TPSA) is 81.5 Å². The fourth-order valence-electron chi connectivity index (χ4n) is 1.80. The summed E-state index contributed by atoms with van der Waals surface area (Å²) in [5.74, 6) is -0.163. The third-order valence-electron chi connectivity index (χ3n) is 3.10. The molecule has 0 radical (unpaired) electrons. The van der Waals surface area contributed by atoms with Crippen molar-refractivity contribution in [3.8, 4) is 6.07 Å². The quantitative estimate of drug-likeness (QED) is 0.726.